The quantitative estimate of drug-likeness (QED) is 0.439. The topological polar surface area (TPSA) is 193 Å². The third-order valence-electron chi connectivity index (χ3n) is 0.341. The molecule has 8 heteroatoms. The Morgan fingerprint density at radius 1 is 1.36 bits per heavy atom. The fourth-order valence-electron chi connectivity index (χ4n) is 0. The molecule has 1 unspecified atom stereocenters. The van der Waals surface area contributed by atoms with E-state index in [0.29, 0.717) is 0 Å². The second kappa shape index (κ2) is 22.5. The number of carboxylic acid groups (broad SMARTS) is 1. The first kappa shape index (κ1) is 44.1. The first-order chi connectivity index (χ1) is 2.64. The molecule has 0 aliphatic heterocycles. The number of rotatable bonds is 1. The van der Waals surface area contributed by atoms with Crippen LogP contribution >= 0.6 is 0 Å². The molecule has 1 atom stereocenters. The van der Waals surface area contributed by atoms with E-state index in [2.05, 4.69) is 0 Å². The van der Waals surface area contributed by atoms with Gasteiger partial charge in [-0.05, 0) is 6.92 Å². The molecule has 0 amide bonds. The van der Waals surface area contributed by atoms with Gasteiger partial charge in [-0.1, -0.05) is 0 Å². The Kier molecular flexibility index (Phi) is 90.2. The van der Waals surface area contributed by atoms with Gasteiger partial charge in [0.2, 0.25) is 0 Å². The second-order valence-electron chi connectivity index (χ2n) is 0.995. The molecule has 11 N–H and O–H groups in total. The molecule has 0 radical (unpaired) electrons. The molecular weight excluding hydrogens is 192 g/mol. The maximum absolute atomic E-state index is 9.34. The molecule has 0 rings (SSSR count). The van der Waals surface area contributed by atoms with Crippen LogP contribution in [0.3, 0.4) is 0 Å². The van der Waals surface area contributed by atoms with Crippen molar-refractivity contribution in [1.29, 1.82) is 0 Å². The van der Waals surface area contributed by atoms with E-state index in [1.54, 1.807) is 0 Å². The SMILES string of the molecule is CC(O)C(=O)[O-].[NH4+].[NH4+].[OH-].[OH-].[Ti]. The Balaban J connectivity index is -0.0000000125. The van der Waals surface area contributed by atoms with Gasteiger partial charge in [0.25, 0.3) is 0 Å². The van der Waals surface area contributed by atoms with Crippen LogP contribution in [0.1, 0.15) is 6.92 Å². The van der Waals surface area contributed by atoms with Crippen LogP contribution in [0, 0.1) is 0 Å². The molecule has 0 bridgehead atoms. The largest absolute Gasteiger partial charge is 0.870 e. The predicted octanol–water partition coefficient (Wildman–Crippen LogP) is -1.49. The van der Waals surface area contributed by atoms with Crippen molar-refractivity contribution in [3.63, 3.8) is 0 Å². The van der Waals surface area contributed by atoms with Crippen molar-refractivity contribution in [2.75, 3.05) is 0 Å². The molecule has 0 aromatic heterocycles. The minimum atomic E-state index is -1.44. The molecule has 11 heavy (non-hydrogen) atoms. The van der Waals surface area contributed by atoms with Gasteiger partial charge in [-0.3, -0.25) is 0 Å². The number of aliphatic hydroxyl groups excluding tert-OH is 1. The van der Waals surface area contributed by atoms with Gasteiger partial charge in [-0.15, -0.1) is 0 Å². The zero-order valence-electron chi connectivity index (χ0n) is 6.74. The van der Waals surface area contributed by atoms with Gasteiger partial charge in [-0.25, -0.2) is 0 Å². The molecule has 0 saturated heterocycles. The van der Waals surface area contributed by atoms with Gasteiger partial charge in [0.1, 0.15) is 0 Å². The summed E-state index contributed by atoms with van der Waals surface area (Å²) in [5.74, 6) is -1.44. The Morgan fingerprint density at radius 3 is 1.45 bits per heavy atom. The van der Waals surface area contributed by atoms with Crippen molar-refractivity contribution in [1.82, 2.24) is 12.3 Å². The van der Waals surface area contributed by atoms with Crippen molar-refractivity contribution in [2.45, 2.75) is 13.0 Å². The van der Waals surface area contributed by atoms with E-state index in [9.17, 15) is 9.90 Å². The van der Waals surface area contributed by atoms with Crippen molar-refractivity contribution in [3.8, 4) is 0 Å². The summed E-state index contributed by atoms with van der Waals surface area (Å²) in [5.41, 5.74) is 0. The Hall–Kier alpha value is -0.0157. The zero-order valence-corrected chi connectivity index (χ0v) is 8.30. The molecule has 0 aliphatic carbocycles. The average molecular weight is 207 g/mol. The van der Waals surface area contributed by atoms with Crippen molar-refractivity contribution in [2.24, 2.45) is 0 Å². The molecule has 0 spiro atoms. The summed E-state index contributed by atoms with van der Waals surface area (Å²) >= 11 is 0. The normalized spacial score (nSPS) is 7.45. The second-order valence-corrected chi connectivity index (χ2v) is 0.995. The molecule has 7 nitrogen and oxygen atoms in total. The number of aliphatic carboxylic acids is 1. The van der Waals surface area contributed by atoms with Crippen LogP contribution in [-0.4, -0.2) is 28.1 Å². The van der Waals surface area contributed by atoms with Gasteiger partial charge < -0.3 is 38.3 Å². The molecule has 0 saturated carbocycles. The Morgan fingerprint density at radius 2 is 1.45 bits per heavy atom. The molecule has 0 fully saturated rings. The van der Waals surface area contributed by atoms with Gasteiger partial charge in [-0.2, -0.15) is 0 Å². The molecule has 0 heterocycles. The Bertz CT molecular complexity index is 70.7. The summed E-state index contributed by atoms with van der Waals surface area (Å²) in [5, 5.41) is 17.3. The number of quaternary nitrogens is 2. The zero-order chi connectivity index (χ0) is 5.15. The standard InChI is InChI=1S/C3H6O3.2H3N.2H2O.Ti/c1-2(4)3(5)6;;;;;/h2,4H,1H3,(H,5,6);2*1H3;2*1H2;/p-1. The van der Waals surface area contributed by atoms with Crippen molar-refractivity contribution in [3.05, 3.63) is 0 Å². The van der Waals surface area contributed by atoms with E-state index in [0.717, 1.165) is 6.92 Å². The monoisotopic (exact) mass is 207 g/mol. The number of carbonyl (C=O) groups excluding carboxylic acids is 1. The van der Waals surface area contributed by atoms with Gasteiger partial charge in [0, 0.05) is 21.7 Å². The van der Waals surface area contributed by atoms with Crippen LogP contribution in [0.5, 0.6) is 0 Å². The summed E-state index contributed by atoms with van der Waals surface area (Å²) in [6, 6.07) is 0. The summed E-state index contributed by atoms with van der Waals surface area (Å²) in [6.07, 6.45) is -1.34. The first-order valence-corrected chi connectivity index (χ1v) is 1.53. The van der Waals surface area contributed by atoms with Gasteiger partial charge in [0.05, 0.1) is 12.1 Å². The van der Waals surface area contributed by atoms with Crippen molar-refractivity contribution >= 4 is 5.97 Å². The van der Waals surface area contributed by atoms with E-state index in [1.807, 2.05) is 0 Å². The van der Waals surface area contributed by atoms with Crippen molar-refractivity contribution < 1.29 is 47.7 Å². The van der Waals surface area contributed by atoms with Crippen LogP contribution in [0.25, 0.3) is 0 Å². The smallest absolute Gasteiger partial charge is 0.0905 e. The fourth-order valence-corrected chi connectivity index (χ4v) is 0. The maximum atomic E-state index is 9.34. The molecular formula is C3H15N2O5Ti-. The van der Waals surface area contributed by atoms with Crippen LogP contribution in [-0.2, 0) is 26.5 Å². The minimum absolute atomic E-state index is 0. The van der Waals surface area contributed by atoms with Crippen LogP contribution in [0.15, 0.2) is 0 Å². The number of hydrogen-bond donors (Lipinski definition) is 3. The Labute approximate surface area is 79.5 Å². The van der Waals surface area contributed by atoms with E-state index in [-0.39, 0.29) is 45.0 Å². The fraction of sp³-hybridized carbons (Fsp3) is 0.667. The summed E-state index contributed by atoms with van der Waals surface area (Å²) in [6.45, 7) is 1.13. The van der Waals surface area contributed by atoms with Gasteiger partial charge >= 0.3 is 0 Å². The maximum Gasteiger partial charge on any atom is 0.0905 e. The van der Waals surface area contributed by atoms with E-state index >= 15 is 0 Å². The minimum Gasteiger partial charge on any atom is -0.870 e. The van der Waals surface area contributed by atoms with E-state index < -0.39 is 12.1 Å². The number of hydrogen-bond acceptors (Lipinski definition) is 5. The summed E-state index contributed by atoms with van der Waals surface area (Å²) in [4.78, 5) is 9.34. The third kappa shape index (κ3) is 40.1. The van der Waals surface area contributed by atoms with E-state index in [1.165, 1.54) is 0 Å². The van der Waals surface area contributed by atoms with Crippen LogP contribution in [0.2, 0.25) is 0 Å². The molecule has 0 aromatic carbocycles. The number of carboxylic acids is 1. The van der Waals surface area contributed by atoms with Crippen LogP contribution < -0.4 is 17.4 Å². The average Bonchev–Trinajstić information content (AvgIpc) is 1.36. The van der Waals surface area contributed by atoms with Gasteiger partial charge in [0.15, 0.2) is 0 Å². The third-order valence-corrected chi connectivity index (χ3v) is 0.341. The predicted molar refractivity (Wildman–Crippen MR) is 32.5 cm³/mol. The summed E-state index contributed by atoms with van der Waals surface area (Å²) in [7, 11) is 0. The first-order valence-electron chi connectivity index (χ1n) is 1.53. The summed E-state index contributed by atoms with van der Waals surface area (Å²) < 4.78 is 0. The molecule has 72 valence electrons. The molecule has 0 aliphatic rings. The van der Waals surface area contributed by atoms with Crippen LogP contribution in [0.4, 0.5) is 0 Å². The number of carbonyl (C=O) groups is 1. The van der Waals surface area contributed by atoms with E-state index in [4.69, 9.17) is 5.11 Å². The molecule has 0 aromatic rings. The number of aliphatic hydroxyl groups is 1.